The Labute approximate surface area is 290 Å². The number of nitriles is 2. The van der Waals surface area contributed by atoms with E-state index in [0.29, 0.717) is 0 Å². The number of benzene rings is 7. The molecular weight excluding hydrogens is 607 g/mol. The van der Waals surface area contributed by atoms with Crippen LogP contribution in [-0.4, -0.2) is 13.1 Å². The summed E-state index contributed by atoms with van der Waals surface area (Å²) < 4.78 is 0. The summed E-state index contributed by atoms with van der Waals surface area (Å²) in [6.45, 7) is 2.21. The van der Waals surface area contributed by atoms with Crippen LogP contribution in [0.1, 0.15) is 24.8 Å². The molecule has 10 rings (SSSR count). The van der Waals surface area contributed by atoms with Crippen molar-refractivity contribution in [2.24, 2.45) is 0 Å². The number of anilines is 1. The van der Waals surface area contributed by atoms with E-state index in [4.69, 9.17) is 0 Å². The van der Waals surface area contributed by atoms with Gasteiger partial charge in [0.2, 0.25) is 0 Å². The lowest BCUT2D eigenvalue weighted by Crippen LogP contribution is -2.29. The van der Waals surface area contributed by atoms with E-state index >= 15 is 0 Å². The molecule has 0 aliphatic carbocycles. The second-order valence-electron chi connectivity index (χ2n) is 13.6. The Morgan fingerprint density at radius 1 is 0.460 bits per heavy atom. The molecular formula is C47H31N3. The summed E-state index contributed by atoms with van der Waals surface area (Å²) in [6, 6.07) is 48.4. The van der Waals surface area contributed by atoms with Crippen molar-refractivity contribution in [2.45, 2.75) is 19.3 Å². The monoisotopic (exact) mass is 637 g/mol. The minimum atomic E-state index is 0.101. The molecule has 0 unspecified atom stereocenters. The first-order valence-corrected chi connectivity index (χ1v) is 17.5. The van der Waals surface area contributed by atoms with Gasteiger partial charge in [-0.05, 0) is 118 Å². The smallest absolute Gasteiger partial charge is 0.130 e. The Hall–Kier alpha value is -6.42. The molecule has 0 bridgehead atoms. The van der Waals surface area contributed by atoms with E-state index in [1.54, 1.807) is 6.08 Å². The molecule has 0 saturated carbocycles. The first-order valence-electron chi connectivity index (χ1n) is 17.5. The molecule has 0 aromatic heterocycles. The third-order valence-electron chi connectivity index (χ3n) is 11.0. The molecule has 0 N–H and O–H groups in total. The number of hydrogen-bond donors (Lipinski definition) is 0. The second-order valence-corrected chi connectivity index (χ2v) is 13.6. The van der Waals surface area contributed by atoms with E-state index in [-0.39, 0.29) is 5.57 Å². The van der Waals surface area contributed by atoms with Gasteiger partial charge in [-0.2, -0.15) is 10.5 Å². The van der Waals surface area contributed by atoms with Crippen LogP contribution in [-0.2, 0) is 0 Å². The van der Waals surface area contributed by atoms with Gasteiger partial charge in [-0.3, -0.25) is 0 Å². The SMILES string of the molecule is N#CC(C#N)=Cc1ccc2c3c(-c4ccccc4)c4c5cccc6c(N7CCCCC7)ccc(c4c(-c4ccccc4)c3c3cccc1c23)c65. The zero-order chi connectivity index (χ0) is 33.3. The topological polar surface area (TPSA) is 50.8 Å². The van der Waals surface area contributed by atoms with Gasteiger partial charge in [-0.15, -0.1) is 0 Å². The molecule has 1 heterocycles. The van der Waals surface area contributed by atoms with Crippen LogP contribution >= 0.6 is 0 Å². The minimum Gasteiger partial charge on any atom is -0.371 e. The average molecular weight is 638 g/mol. The molecule has 9 aromatic carbocycles. The van der Waals surface area contributed by atoms with E-state index in [0.717, 1.165) is 24.0 Å². The average Bonchev–Trinajstić information content (AvgIpc) is 3.70. The Bertz CT molecular complexity index is 2790. The van der Waals surface area contributed by atoms with Gasteiger partial charge < -0.3 is 4.90 Å². The number of piperidine rings is 1. The fraction of sp³-hybridized carbons (Fsp3) is 0.106. The van der Waals surface area contributed by atoms with Gasteiger partial charge in [0.15, 0.2) is 0 Å². The van der Waals surface area contributed by atoms with Crippen LogP contribution in [0, 0.1) is 22.7 Å². The van der Waals surface area contributed by atoms with Crippen LogP contribution in [0.15, 0.2) is 127 Å². The zero-order valence-corrected chi connectivity index (χ0v) is 27.5. The van der Waals surface area contributed by atoms with E-state index in [2.05, 4.69) is 138 Å². The number of rotatable bonds is 4. The molecule has 50 heavy (non-hydrogen) atoms. The Morgan fingerprint density at radius 2 is 0.940 bits per heavy atom. The van der Waals surface area contributed by atoms with Crippen molar-refractivity contribution >= 4 is 76.4 Å². The van der Waals surface area contributed by atoms with Crippen molar-refractivity contribution in [1.29, 1.82) is 10.5 Å². The number of nitrogens with zero attached hydrogens (tertiary/aromatic N) is 3. The molecule has 0 spiro atoms. The summed E-state index contributed by atoms with van der Waals surface area (Å²) in [6.07, 6.45) is 5.50. The first kappa shape index (κ1) is 28.6. The number of allylic oxidation sites excluding steroid dienone is 1. The summed E-state index contributed by atoms with van der Waals surface area (Å²) in [4.78, 5) is 2.60. The molecule has 234 valence electrons. The summed E-state index contributed by atoms with van der Waals surface area (Å²) in [5.41, 5.74) is 7.24. The normalized spacial score (nSPS) is 13.5. The van der Waals surface area contributed by atoms with E-state index in [9.17, 15) is 10.5 Å². The van der Waals surface area contributed by atoms with Gasteiger partial charge >= 0.3 is 0 Å². The maximum Gasteiger partial charge on any atom is 0.130 e. The lowest BCUT2D eigenvalue weighted by atomic mass is 9.87. The third-order valence-corrected chi connectivity index (χ3v) is 11.0. The van der Waals surface area contributed by atoms with E-state index in [1.165, 1.54) is 106 Å². The van der Waals surface area contributed by atoms with Crippen LogP contribution in [0.4, 0.5) is 5.69 Å². The molecule has 0 amide bonds. The molecule has 0 atom stereocenters. The molecule has 1 aliphatic heterocycles. The zero-order valence-electron chi connectivity index (χ0n) is 27.5. The lowest BCUT2D eigenvalue weighted by molar-refractivity contribution is 0.579. The highest BCUT2D eigenvalue weighted by atomic mass is 15.1. The van der Waals surface area contributed by atoms with Gasteiger partial charge in [0, 0.05) is 24.2 Å². The van der Waals surface area contributed by atoms with Crippen LogP contribution in [0.2, 0.25) is 0 Å². The molecule has 3 nitrogen and oxygen atoms in total. The van der Waals surface area contributed by atoms with Gasteiger partial charge in [0.05, 0.1) is 0 Å². The first-order chi connectivity index (χ1) is 24.8. The second kappa shape index (κ2) is 11.1. The summed E-state index contributed by atoms with van der Waals surface area (Å²) >= 11 is 0. The molecule has 9 aromatic rings. The lowest BCUT2D eigenvalue weighted by Gasteiger charge is -2.30. The summed E-state index contributed by atoms with van der Waals surface area (Å²) in [7, 11) is 0. The van der Waals surface area contributed by atoms with E-state index < -0.39 is 0 Å². The molecule has 3 heteroatoms. The highest BCUT2D eigenvalue weighted by Gasteiger charge is 2.28. The predicted octanol–water partition coefficient (Wildman–Crippen LogP) is 12.2. The van der Waals surface area contributed by atoms with Crippen molar-refractivity contribution in [3.05, 3.63) is 132 Å². The van der Waals surface area contributed by atoms with Crippen molar-refractivity contribution in [1.82, 2.24) is 0 Å². The van der Waals surface area contributed by atoms with Gasteiger partial charge in [-0.1, -0.05) is 115 Å². The Morgan fingerprint density at radius 3 is 1.50 bits per heavy atom. The molecule has 1 saturated heterocycles. The van der Waals surface area contributed by atoms with Crippen molar-refractivity contribution < 1.29 is 0 Å². The van der Waals surface area contributed by atoms with Gasteiger partial charge in [0.1, 0.15) is 17.7 Å². The molecule has 1 fully saturated rings. The van der Waals surface area contributed by atoms with Crippen LogP contribution in [0.3, 0.4) is 0 Å². The maximum atomic E-state index is 9.63. The predicted molar refractivity (Wildman–Crippen MR) is 210 cm³/mol. The van der Waals surface area contributed by atoms with E-state index in [1.807, 2.05) is 0 Å². The van der Waals surface area contributed by atoms with Gasteiger partial charge in [0.25, 0.3) is 0 Å². The van der Waals surface area contributed by atoms with Gasteiger partial charge in [-0.25, -0.2) is 0 Å². The largest absolute Gasteiger partial charge is 0.371 e. The summed E-state index contributed by atoms with van der Waals surface area (Å²) in [5, 5.41) is 34.2. The molecule has 0 radical (unpaired) electrons. The fourth-order valence-electron chi connectivity index (χ4n) is 9.05. The maximum absolute atomic E-state index is 9.63. The fourth-order valence-corrected chi connectivity index (χ4v) is 9.05. The number of hydrogen-bond acceptors (Lipinski definition) is 3. The Kier molecular flexibility index (Phi) is 6.32. The quantitative estimate of drug-likeness (QED) is 0.180. The number of fused-ring (bicyclic) bond motifs is 6. The summed E-state index contributed by atoms with van der Waals surface area (Å²) in [5.74, 6) is 0. The van der Waals surface area contributed by atoms with Crippen molar-refractivity contribution in [2.75, 3.05) is 18.0 Å². The van der Waals surface area contributed by atoms with Crippen LogP contribution in [0.5, 0.6) is 0 Å². The standard InChI is InChI=1S/C47H31N3/c48-27-29(28-49)26-32-20-21-37-42-33(32)16-10-18-35(42)44-40(30-12-4-1-5-13-30)47-38-22-23-39(50-24-8-3-9-25-50)34-17-11-19-36(43(34)38)45(47)41(46(37)44)31-14-6-2-7-15-31/h1-2,4-7,10-23,26H,3,8-9,24-25H2. The highest BCUT2D eigenvalue weighted by Crippen LogP contribution is 2.56. The van der Waals surface area contributed by atoms with Crippen molar-refractivity contribution in [3.63, 3.8) is 0 Å². The van der Waals surface area contributed by atoms with Crippen LogP contribution < -0.4 is 4.90 Å². The highest BCUT2D eigenvalue weighted by molar-refractivity contribution is 6.47. The molecule has 1 aliphatic rings. The third kappa shape index (κ3) is 3.95. The van der Waals surface area contributed by atoms with Crippen LogP contribution in [0.25, 0.3) is 93.0 Å². The minimum absolute atomic E-state index is 0.101. The van der Waals surface area contributed by atoms with Crippen molar-refractivity contribution in [3.8, 4) is 34.4 Å². The Balaban J connectivity index is 1.48.